The third kappa shape index (κ3) is 3.89. The molecule has 1 aromatic rings. The molecule has 0 aliphatic carbocycles. The SMILES string of the molecule is COc1ccc(C(=O)N2C[C@H](O)[C@@H](N3CCCC3)C2)cc1OCCN. The zero-order valence-electron chi connectivity index (χ0n) is 14.7. The minimum absolute atomic E-state index is 0.0395. The lowest BCUT2D eigenvalue weighted by atomic mass is 10.1. The summed E-state index contributed by atoms with van der Waals surface area (Å²) < 4.78 is 10.8. The van der Waals surface area contributed by atoms with Gasteiger partial charge < -0.3 is 25.2 Å². The molecule has 25 heavy (non-hydrogen) atoms. The van der Waals surface area contributed by atoms with Crippen molar-refractivity contribution in [3.63, 3.8) is 0 Å². The van der Waals surface area contributed by atoms with Crippen LogP contribution in [-0.2, 0) is 0 Å². The lowest BCUT2D eigenvalue weighted by molar-refractivity contribution is 0.0762. The van der Waals surface area contributed by atoms with E-state index >= 15 is 0 Å². The lowest BCUT2D eigenvalue weighted by Crippen LogP contribution is -2.41. The van der Waals surface area contributed by atoms with E-state index in [0.29, 0.717) is 43.3 Å². The Kier molecular flexibility index (Phi) is 5.78. The summed E-state index contributed by atoms with van der Waals surface area (Å²) in [7, 11) is 1.56. The molecule has 2 heterocycles. The molecule has 3 N–H and O–H groups in total. The van der Waals surface area contributed by atoms with Crippen molar-refractivity contribution in [2.45, 2.75) is 25.0 Å². The van der Waals surface area contributed by atoms with E-state index in [4.69, 9.17) is 15.2 Å². The number of β-amino-alcohol motifs (C(OH)–C–C–N with tert-alkyl or cyclic N) is 1. The number of nitrogens with zero attached hydrogens (tertiary/aromatic N) is 2. The number of aliphatic hydroxyl groups is 1. The first-order valence-corrected chi connectivity index (χ1v) is 8.86. The van der Waals surface area contributed by atoms with Crippen molar-refractivity contribution in [2.24, 2.45) is 5.73 Å². The van der Waals surface area contributed by atoms with Gasteiger partial charge in [0.2, 0.25) is 0 Å². The molecule has 138 valence electrons. The van der Waals surface area contributed by atoms with Crippen LogP contribution >= 0.6 is 0 Å². The maximum absolute atomic E-state index is 12.9. The van der Waals surface area contributed by atoms with Crippen LogP contribution in [0.3, 0.4) is 0 Å². The summed E-state index contributed by atoms with van der Waals surface area (Å²) in [5.41, 5.74) is 6.01. The molecule has 2 saturated heterocycles. The molecule has 0 bridgehead atoms. The fourth-order valence-electron chi connectivity index (χ4n) is 3.64. The lowest BCUT2D eigenvalue weighted by Gasteiger charge is -2.25. The zero-order chi connectivity index (χ0) is 17.8. The van der Waals surface area contributed by atoms with Crippen molar-refractivity contribution in [3.05, 3.63) is 23.8 Å². The molecular formula is C18H27N3O4. The Morgan fingerprint density at radius 1 is 1.28 bits per heavy atom. The summed E-state index contributed by atoms with van der Waals surface area (Å²) >= 11 is 0. The average molecular weight is 349 g/mol. The van der Waals surface area contributed by atoms with E-state index in [1.54, 1.807) is 30.2 Å². The standard InChI is InChI=1S/C18H27N3O4/c1-24-16-5-4-13(10-17(16)25-9-6-19)18(23)21-11-14(15(22)12-21)20-7-2-3-8-20/h4-5,10,14-15,22H,2-3,6-9,11-12,19H2,1H3/t14-,15-/m0/s1. The fraction of sp³-hybridized carbons (Fsp3) is 0.611. The molecule has 7 nitrogen and oxygen atoms in total. The number of aliphatic hydroxyl groups excluding tert-OH is 1. The van der Waals surface area contributed by atoms with Crippen LogP contribution in [0.4, 0.5) is 0 Å². The Balaban J connectivity index is 1.72. The molecule has 7 heteroatoms. The summed E-state index contributed by atoms with van der Waals surface area (Å²) in [5.74, 6) is 0.983. The van der Waals surface area contributed by atoms with Crippen LogP contribution in [0.1, 0.15) is 23.2 Å². The number of benzene rings is 1. The quantitative estimate of drug-likeness (QED) is 0.769. The molecule has 0 aromatic heterocycles. The topological polar surface area (TPSA) is 88.3 Å². The number of hydrogen-bond acceptors (Lipinski definition) is 6. The number of methoxy groups -OCH3 is 1. The number of carbonyl (C=O) groups excluding carboxylic acids is 1. The van der Waals surface area contributed by atoms with Crippen molar-refractivity contribution in [1.82, 2.24) is 9.80 Å². The second-order valence-electron chi connectivity index (χ2n) is 6.59. The summed E-state index contributed by atoms with van der Waals surface area (Å²) in [6.07, 6.45) is 1.84. The van der Waals surface area contributed by atoms with Gasteiger partial charge in [0.05, 0.1) is 19.3 Å². The highest BCUT2D eigenvalue weighted by Crippen LogP contribution is 2.29. The normalized spacial score (nSPS) is 23.9. The van der Waals surface area contributed by atoms with E-state index in [9.17, 15) is 9.90 Å². The van der Waals surface area contributed by atoms with Gasteiger partial charge in [0.25, 0.3) is 5.91 Å². The Morgan fingerprint density at radius 2 is 2.04 bits per heavy atom. The number of amides is 1. The number of likely N-dealkylation sites (tertiary alicyclic amines) is 2. The Bertz CT molecular complexity index is 604. The second-order valence-corrected chi connectivity index (χ2v) is 6.59. The molecule has 1 amide bonds. The summed E-state index contributed by atoms with van der Waals surface area (Å²) in [5, 5.41) is 10.4. The van der Waals surface area contributed by atoms with Crippen molar-refractivity contribution < 1.29 is 19.4 Å². The van der Waals surface area contributed by atoms with Crippen LogP contribution < -0.4 is 15.2 Å². The van der Waals surface area contributed by atoms with Crippen molar-refractivity contribution in [3.8, 4) is 11.5 Å². The molecule has 0 spiro atoms. The third-order valence-corrected chi connectivity index (χ3v) is 4.94. The molecule has 0 radical (unpaired) electrons. The minimum atomic E-state index is -0.492. The molecule has 0 unspecified atom stereocenters. The molecule has 0 saturated carbocycles. The highest BCUT2D eigenvalue weighted by Gasteiger charge is 2.38. The number of carbonyl (C=O) groups is 1. The molecule has 2 aliphatic heterocycles. The minimum Gasteiger partial charge on any atom is -0.493 e. The maximum Gasteiger partial charge on any atom is 0.254 e. The third-order valence-electron chi connectivity index (χ3n) is 4.94. The highest BCUT2D eigenvalue weighted by molar-refractivity contribution is 5.95. The van der Waals surface area contributed by atoms with E-state index in [1.165, 1.54) is 0 Å². The van der Waals surface area contributed by atoms with Crippen LogP contribution in [0.15, 0.2) is 18.2 Å². The van der Waals surface area contributed by atoms with Crippen LogP contribution in [0.5, 0.6) is 11.5 Å². The predicted molar refractivity (Wildman–Crippen MR) is 94.0 cm³/mol. The summed E-state index contributed by atoms with van der Waals surface area (Å²) in [6.45, 7) is 3.67. The average Bonchev–Trinajstić information content (AvgIpc) is 3.28. The smallest absolute Gasteiger partial charge is 0.254 e. The van der Waals surface area contributed by atoms with Gasteiger partial charge in [0.15, 0.2) is 11.5 Å². The Morgan fingerprint density at radius 3 is 2.72 bits per heavy atom. The van der Waals surface area contributed by atoms with Gasteiger partial charge in [0.1, 0.15) is 6.61 Å². The monoisotopic (exact) mass is 349 g/mol. The molecule has 2 aliphatic rings. The maximum atomic E-state index is 12.9. The molecule has 3 rings (SSSR count). The summed E-state index contributed by atoms with van der Waals surface area (Å²) in [4.78, 5) is 16.9. The zero-order valence-corrected chi connectivity index (χ0v) is 14.7. The van der Waals surface area contributed by atoms with Gasteiger partial charge in [-0.15, -0.1) is 0 Å². The Labute approximate surface area is 148 Å². The van der Waals surface area contributed by atoms with Crippen LogP contribution in [0.2, 0.25) is 0 Å². The fourth-order valence-corrected chi connectivity index (χ4v) is 3.64. The van der Waals surface area contributed by atoms with Crippen molar-refractivity contribution in [2.75, 3.05) is 46.4 Å². The van der Waals surface area contributed by atoms with Crippen LogP contribution in [0.25, 0.3) is 0 Å². The molecular weight excluding hydrogens is 322 g/mol. The first kappa shape index (κ1) is 18.0. The predicted octanol–water partition coefficient (Wildman–Crippen LogP) is 0.314. The number of rotatable bonds is 6. The van der Waals surface area contributed by atoms with Crippen LogP contribution in [0, 0.1) is 0 Å². The van der Waals surface area contributed by atoms with Gasteiger partial charge in [-0.25, -0.2) is 0 Å². The van der Waals surface area contributed by atoms with Gasteiger partial charge in [-0.05, 0) is 44.1 Å². The first-order chi connectivity index (χ1) is 12.1. The van der Waals surface area contributed by atoms with Gasteiger partial charge >= 0.3 is 0 Å². The van der Waals surface area contributed by atoms with Crippen molar-refractivity contribution in [1.29, 1.82) is 0 Å². The van der Waals surface area contributed by atoms with E-state index in [1.807, 2.05) is 0 Å². The highest BCUT2D eigenvalue weighted by atomic mass is 16.5. The van der Waals surface area contributed by atoms with Gasteiger partial charge in [0, 0.05) is 25.2 Å². The van der Waals surface area contributed by atoms with E-state index in [2.05, 4.69) is 4.90 Å². The van der Waals surface area contributed by atoms with Crippen LogP contribution in [-0.4, -0.2) is 79.4 Å². The van der Waals surface area contributed by atoms with Gasteiger partial charge in [-0.3, -0.25) is 9.69 Å². The van der Waals surface area contributed by atoms with E-state index in [0.717, 1.165) is 25.9 Å². The Hall–Kier alpha value is -1.83. The molecule has 1 aromatic carbocycles. The van der Waals surface area contributed by atoms with Gasteiger partial charge in [-0.1, -0.05) is 0 Å². The first-order valence-electron chi connectivity index (χ1n) is 8.86. The number of hydrogen-bond donors (Lipinski definition) is 2. The largest absolute Gasteiger partial charge is 0.493 e. The second kappa shape index (κ2) is 8.03. The molecule has 2 atom stereocenters. The van der Waals surface area contributed by atoms with Crippen molar-refractivity contribution >= 4 is 5.91 Å². The van der Waals surface area contributed by atoms with E-state index < -0.39 is 6.10 Å². The molecule has 2 fully saturated rings. The number of nitrogens with two attached hydrogens (primary N) is 1. The summed E-state index contributed by atoms with van der Waals surface area (Å²) in [6, 6.07) is 5.18. The van der Waals surface area contributed by atoms with E-state index in [-0.39, 0.29) is 11.9 Å². The number of ether oxygens (including phenoxy) is 2. The van der Waals surface area contributed by atoms with Gasteiger partial charge in [-0.2, -0.15) is 0 Å².